The third-order valence-corrected chi connectivity index (χ3v) is 3.82. The number of carbonyl (C=O) groups is 1. The fourth-order valence-electron chi connectivity index (χ4n) is 2.69. The molecule has 114 valence electrons. The number of carbonyl (C=O) groups excluding carboxylic acids is 1. The van der Waals surface area contributed by atoms with Gasteiger partial charge in [0.2, 0.25) is 5.91 Å². The van der Waals surface area contributed by atoms with E-state index in [9.17, 15) is 23.7 Å². The van der Waals surface area contributed by atoms with E-state index < -0.39 is 39.8 Å². The Morgan fingerprint density at radius 2 is 2.14 bits per heavy atom. The molecule has 1 saturated carbocycles. The number of nitro groups is 1. The Kier molecular flexibility index (Phi) is 4.46. The largest absolute Gasteiger partial charge is 0.330 e. The van der Waals surface area contributed by atoms with Crippen molar-refractivity contribution in [3.05, 3.63) is 33.9 Å². The lowest BCUT2D eigenvalue weighted by Crippen LogP contribution is -2.30. The first-order valence-electron chi connectivity index (χ1n) is 6.59. The van der Waals surface area contributed by atoms with Gasteiger partial charge in [0, 0.05) is 12.0 Å². The fraction of sp³-hybridized carbons (Fsp3) is 0.462. The van der Waals surface area contributed by atoms with Crippen molar-refractivity contribution >= 4 is 17.3 Å². The summed E-state index contributed by atoms with van der Waals surface area (Å²) in [5, 5.41) is 13.0. The molecule has 8 heteroatoms. The minimum Gasteiger partial charge on any atom is -0.330 e. The maximum atomic E-state index is 13.7. The van der Waals surface area contributed by atoms with Gasteiger partial charge in [0.05, 0.1) is 4.92 Å². The van der Waals surface area contributed by atoms with E-state index in [1.54, 1.807) is 0 Å². The Morgan fingerprint density at radius 1 is 1.43 bits per heavy atom. The molecular weight excluding hydrogens is 284 g/mol. The first kappa shape index (κ1) is 15.3. The fourth-order valence-corrected chi connectivity index (χ4v) is 2.69. The van der Waals surface area contributed by atoms with Crippen molar-refractivity contribution in [3.8, 4) is 0 Å². The third-order valence-electron chi connectivity index (χ3n) is 3.82. The van der Waals surface area contributed by atoms with E-state index in [4.69, 9.17) is 5.73 Å². The van der Waals surface area contributed by atoms with Crippen LogP contribution >= 0.6 is 0 Å². The van der Waals surface area contributed by atoms with Gasteiger partial charge in [-0.15, -0.1) is 0 Å². The van der Waals surface area contributed by atoms with Gasteiger partial charge in [-0.1, -0.05) is 6.42 Å². The molecule has 1 aromatic rings. The maximum Gasteiger partial charge on any atom is 0.296 e. The zero-order valence-electron chi connectivity index (χ0n) is 11.1. The summed E-state index contributed by atoms with van der Waals surface area (Å²) >= 11 is 0. The van der Waals surface area contributed by atoms with Crippen LogP contribution in [0.5, 0.6) is 0 Å². The summed E-state index contributed by atoms with van der Waals surface area (Å²) in [6.07, 6.45) is 2.18. The first-order valence-corrected chi connectivity index (χ1v) is 6.59. The van der Waals surface area contributed by atoms with Gasteiger partial charge < -0.3 is 11.1 Å². The Labute approximate surface area is 119 Å². The van der Waals surface area contributed by atoms with Crippen LogP contribution in [0.15, 0.2) is 12.1 Å². The van der Waals surface area contributed by atoms with E-state index in [0.29, 0.717) is 19.0 Å². The second kappa shape index (κ2) is 6.13. The molecule has 0 aliphatic heterocycles. The number of nitrogens with one attached hydrogen (secondary N) is 1. The summed E-state index contributed by atoms with van der Waals surface area (Å²) in [7, 11) is 0. The Balaban J connectivity index is 2.28. The van der Waals surface area contributed by atoms with Gasteiger partial charge in [0.1, 0.15) is 0 Å². The minimum absolute atomic E-state index is 0.0410. The van der Waals surface area contributed by atoms with Crippen LogP contribution in [-0.4, -0.2) is 17.4 Å². The predicted octanol–water partition coefficient (Wildman–Crippen LogP) is 2.19. The van der Waals surface area contributed by atoms with Gasteiger partial charge in [0.25, 0.3) is 5.69 Å². The number of hydrogen-bond acceptors (Lipinski definition) is 4. The molecule has 21 heavy (non-hydrogen) atoms. The highest BCUT2D eigenvalue weighted by Crippen LogP contribution is 2.34. The molecule has 1 aromatic carbocycles. The van der Waals surface area contributed by atoms with Gasteiger partial charge in [-0.05, 0) is 31.4 Å². The molecule has 1 aliphatic carbocycles. The highest BCUT2D eigenvalue weighted by Gasteiger charge is 2.34. The van der Waals surface area contributed by atoms with Crippen LogP contribution in [0.4, 0.5) is 20.2 Å². The van der Waals surface area contributed by atoms with Gasteiger partial charge in [-0.25, -0.2) is 8.78 Å². The Hall–Kier alpha value is -2.09. The van der Waals surface area contributed by atoms with Crippen molar-refractivity contribution < 1.29 is 18.5 Å². The molecule has 6 nitrogen and oxygen atoms in total. The van der Waals surface area contributed by atoms with Crippen LogP contribution in [0.3, 0.4) is 0 Å². The van der Waals surface area contributed by atoms with E-state index in [1.807, 2.05) is 0 Å². The second-order valence-electron chi connectivity index (χ2n) is 5.04. The number of nitro benzene ring substituents is 1. The van der Waals surface area contributed by atoms with Gasteiger partial charge in [-0.3, -0.25) is 14.9 Å². The summed E-state index contributed by atoms with van der Waals surface area (Å²) in [5.74, 6) is -3.72. The van der Waals surface area contributed by atoms with Crippen LogP contribution < -0.4 is 11.1 Å². The number of rotatable bonds is 4. The topological polar surface area (TPSA) is 98.3 Å². The molecule has 1 fully saturated rings. The Morgan fingerprint density at radius 3 is 2.76 bits per heavy atom. The lowest BCUT2D eigenvalue weighted by molar-refractivity contribution is -0.384. The molecule has 1 amide bonds. The summed E-state index contributed by atoms with van der Waals surface area (Å²) in [6.45, 7) is 0.311. The highest BCUT2D eigenvalue weighted by atomic mass is 19.2. The molecule has 2 unspecified atom stereocenters. The number of nitrogens with two attached hydrogens (primary N) is 1. The zero-order valence-corrected chi connectivity index (χ0v) is 11.1. The first-order chi connectivity index (χ1) is 9.95. The van der Waals surface area contributed by atoms with Crippen LogP contribution in [0.1, 0.15) is 19.3 Å². The zero-order chi connectivity index (χ0) is 15.6. The monoisotopic (exact) mass is 299 g/mol. The smallest absolute Gasteiger partial charge is 0.296 e. The second-order valence-corrected chi connectivity index (χ2v) is 5.04. The summed E-state index contributed by atoms with van der Waals surface area (Å²) in [4.78, 5) is 22.1. The summed E-state index contributed by atoms with van der Waals surface area (Å²) < 4.78 is 27.0. The number of amides is 1. The molecule has 0 bridgehead atoms. The number of anilines is 1. The van der Waals surface area contributed by atoms with Gasteiger partial charge >= 0.3 is 0 Å². The number of hydrogen-bond donors (Lipinski definition) is 2. The lowest BCUT2D eigenvalue weighted by Gasteiger charge is -2.17. The van der Waals surface area contributed by atoms with Crippen LogP contribution in [0.25, 0.3) is 0 Å². The van der Waals surface area contributed by atoms with Gasteiger partial charge in [-0.2, -0.15) is 0 Å². The summed E-state index contributed by atoms with van der Waals surface area (Å²) in [6, 6.07) is 1.48. The van der Waals surface area contributed by atoms with Crippen LogP contribution in [0.2, 0.25) is 0 Å². The van der Waals surface area contributed by atoms with Crippen LogP contribution in [0, 0.1) is 33.6 Å². The molecule has 3 N–H and O–H groups in total. The molecule has 0 spiro atoms. The third kappa shape index (κ3) is 2.99. The quantitative estimate of drug-likeness (QED) is 0.657. The normalized spacial score (nSPS) is 21.3. The molecule has 0 radical (unpaired) electrons. The number of nitrogens with zero attached hydrogens (tertiary/aromatic N) is 1. The van der Waals surface area contributed by atoms with Gasteiger partial charge in [0.15, 0.2) is 17.3 Å². The Bertz CT molecular complexity index is 580. The molecule has 0 heterocycles. The van der Waals surface area contributed by atoms with E-state index in [1.165, 1.54) is 0 Å². The van der Waals surface area contributed by atoms with E-state index in [0.717, 1.165) is 18.9 Å². The minimum atomic E-state index is -1.43. The highest BCUT2D eigenvalue weighted by molar-refractivity contribution is 5.95. The molecule has 0 aromatic heterocycles. The van der Waals surface area contributed by atoms with Crippen molar-refractivity contribution in [1.82, 2.24) is 0 Å². The van der Waals surface area contributed by atoms with Crippen molar-refractivity contribution in [2.45, 2.75) is 19.3 Å². The average Bonchev–Trinajstić information content (AvgIpc) is 2.92. The number of halogens is 2. The predicted molar refractivity (Wildman–Crippen MR) is 71.5 cm³/mol. The van der Waals surface area contributed by atoms with Crippen LogP contribution in [-0.2, 0) is 4.79 Å². The number of benzene rings is 1. The van der Waals surface area contributed by atoms with Crippen molar-refractivity contribution in [2.75, 3.05) is 11.9 Å². The van der Waals surface area contributed by atoms with Crippen molar-refractivity contribution in [2.24, 2.45) is 17.6 Å². The maximum absolute atomic E-state index is 13.7. The standard InChI is InChI=1S/C13H15F2N3O3/c14-9-4-5-10(18(20)21)12(11(9)15)17-13(19)8-3-1-2-7(8)6-16/h4-5,7-8H,1-3,6,16H2,(H,17,19). The molecule has 2 atom stereocenters. The lowest BCUT2D eigenvalue weighted by atomic mass is 9.95. The molecule has 2 rings (SSSR count). The van der Waals surface area contributed by atoms with Crippen molar-refractivity contribution in [1.29, 1.82) is 0 Å². The summed E-state index contributed by atoms with van der Waals surface area (Å²) in [5.41, 5.74) is 4.16. The SMILES string of the molecule is NCC1CCCC1C(=O)Nc1c([N+](=O)[O-])ccc(F)c1F. The molecule has 0 saturated heterocycles. The van der Waals surface area contributed by atoms with Crippen molar-refractivity contribution in [3.63, 3.8) is 0 Å². The average molecular weight is 299 g/mol. The van der Waals surface area contributed by atoms with E-state index in [2.05, 4.69) is 5.32 Å². The molecule has 1 aliphatic rings. The van der Waals surface area contributed by atoms with E-state index >= 15 is 0 Å². The van der Waals surface area contributed by atoms with E-state index in [-0.39, 0.29) is 5.92 Å². The molecular formula is C13H15F2N3O3.